The molecule has 2 amide bonds. The molecule has 0 radical (unpaired) electrons. The molecule has 9 nitrogen and oxygen atoms in total. The van der Waals surface area contributed by atoms with Gasteiger partial charge < -0.3 is 19.7 Å². The van der Waals surface area contributed by atoms with Crippen LogP contribution in [0.25, 0.3) is 0 Å². The zero-order valence-electron chi connectivity index (χ0n) is 27.5. The number of hydrogen-bond donors (Lipinski definition) is 1. The molecule has 1 aliphatic rings. The van der Waals surface area contributed by atoms with Crippen molar-refractivity contribution < 1.29 is 27.5 Å². The molecule has 1 atom stereocenters. The predicted octanol–water partition coefficient (Wildman–Crippen LogP) is 5.99. The minimum Gasteiger partial charge on any atom is -0.497 e. The quantitative estimate of drug-likeness (QED) is 0.177. The third-order valence-corrected chi connectivity index (χ3v) is 10.5. The Balaban J connectivity index is 1.55. The number of ether oxygens (including phenoxy) is 2. The Morgan fingerprint density at radius 1 is 0.771 bits per heavy atom. The van der Waals surface area contributed by atoms with E-state index < -0.39 is 28.5 Å². The average Bonchev–Trinajstić information content (AvgIpc) is 3.13. The third-order valence-electron chi connectivity index (χ3n) is 8.68. The van der Waals surface area contributed by atoms with Crippen LogP contribution < -0.4 is 19.1 Å². The molecule has 0 bridgehead atoms. The Kier molecular flexibility index (Phi) is 11.7. The second-order valence-corrected chi connectivity index (χ2v) is 13.8. The molecule has 48 heavy (non-hydrogen) atoms. The van der Waals surface area contributed by atoms with Crippen LogP contribution in [-0.2, 0) is 32.6 Å². The first-order valence-electron chi connectivity index (χ1n) is 16.3. The van der Waals surface area contributed by atoms with Crippen LogP contribution >= 0.6 is 0 Å². The molecular weight excluding hydrogens is 627 g/mol. The number of methoxy groups -OCH3 is 2. The zero-order chi connectivity index (χ0) is 33.9. The maximum absolute atomic E-state index is 14.7. The van der Waals surface area contributed by atoms with E-state index in [1.807, 2.05) is 54.6 Å². The highest BCUT2D eigenvalue weighted by molar-refractivity contribution is 7.92. The lowest BCUT2D eigenvalue weighted by atomic mass is 9.94. The molecule has 1 N–H and O–H groups in total. The van der Waals surface area contributed by atoms with Gasteiger partial charge in [-0.25, -0.2) is 8.42 Å². The van der Waals surface area contributed by atoms with Crippen molar-refractivity contribution in [2.75, 3.05) is 25.1 Å². The van der Waals surface area contributed by atoms with Crippen molar-refractivity contribution in [3.63, 3.8) is 0 Å². The minimum absolute atomic E-state index is 0.00942. The summed E-state index contributed by atoms with van der Waals surface area (Å²) >= 11 is 0. The topological polar surface area (TPSA) is 105 Å². The molecule has 10 heteroatoms. The van der Waals surface area contributed by atoms with Crippen LogP contribution in [0.4, 0.5) is 5.69 Å². The van der Waals surface area contributed by atoms with E-state index in [1.54, 1.807) is 49.6 Å². The van der Waals surface area contributed by atoms with E-state index in [4.69, 9.17) is 9.47 Å². The van der Waals surface area contributed by atoms with Gasteiger partial charge >= 0.3 is 0 Å². The van der Waals surface area contributed by atoms with Crippen LogP contribution in [0, 0.1) is 0 Å². The monoisotopic (exact) mass is 669 g/mol. The summed E-state index contributed by atoms with van der Waals surface area (Å²) in [7, 11) is -1.13. The normalized spacial score (nSPS) is 14.0. The van der Waals surface area contributed by atoms with Gasteiger partial charge in [0.05, 0.1) is 24.8 Å². The van der Waals surface area contributed by atoms with Crippen molar-refractivity contribution in [3.8, 4) is 11.5 Å². The minimum atomic E-state index is -4.21. The van der Waals surface area contributed by atoms with E-state index in [2.05, 4.69) is 5.32 Å². The Bertz CT molecular complexity index is 1740. The summed E-state index contributed by atoms with van der Waals surface area (Å²) in [5.41, 5.74) is 1.96. The van der Waals surface area contributed by atoms with Crippen LogP contribution in [0.1, 0.15) is 43.2 Å². The number of carbonyl (C=O) groups is 2. The van der Waals surface area contributed by atoms with Gasteiger partial charge in [0, 0.05) is 19.0 Å². The molecule has 0 unspecified atom stereocenters. The highest BCUT2D eigenvalue weighted by Gasteiger charge is 2.35. The first-order valence-corrected chi connectivity index (χ1v) is 17.7. The molecule has 252 valence electrons. The van der Waals surface area contributed by atoms with Crippen molar-refractivity contribution in [3.05, 3.63) is 120 Å². The highest BCUT2D eigenvalue weighted by Crippen LogP contribution is 2.27. The summed E-state index contributed by atoms with van der Waals surface area (Å²) < 4.78 is 40.2. The van der Waals surface area contributed by atoms with Gasteiger partial charge in [0.1, 0.15) is 24.1 Å². The standard InChI is InChI=1S/C38H43N3O6S/c1-46-33-21-23-35(24-22-33)48(44,45)41(32-18-10-5-11-19-32)28-37(42)40(27-30-15-12-20-34(25-30)47-2)36(26-29-13-6-3-7-14-29)38(43)39-31-16-8-4-9-17-31/h3,5-7,10-15,18-25,31,36H,4,8-9,16-17,26-28H2,1-2H3,(H,39,43)/t36-/m0/s1. The second kappa shape index (κ2) is 16.3. The second-order valence-electron chi connectivity index (χ2n) is 11.9. The molecule has 4 aromatic rings. The van der Waals surface area contributed by atoms with Crippen molar-refractivity contribution in [1.29, 1.82) is 0 Å². The van der Waals surface area contributed by atoms with Gasteiger partial charge in [-0.05, 0) is 72.5 Å². The predicted molar refractivity (Wildman–Crippen MR) is 186 cm³/mol. The first-order chi connectivity index (χ1) is 23.3. The van der Waals surface area contributed by atoms with E-state index in [0.29, 0.717) is 17.2 Å². The van der Waals surface area contributed by atoms with Gasteiger partial charge in [-0.3, -0.25) is 13.9 Å². The van der Waals surface area contributed by atoms with Crippen molar-refractivity contribution in [2.24, 2.45) is 0 Å². The zero-order valence-corrected chi connectivity index (χ0v) is 28.3. The van der Waals surface area contributed by atoms with Gasteiger partial charge in [0.15, 0.2) is 0 Å². The summed E-state index contributed by atoms with van der Waals surface area (Å²) in [6, 6.07) is 30.6. The first kappa shape index (κ1) is 34.5. The number of amides is 2. The molecular formula is C38H43N3O6S. The number of benzene rings is 4. The molecule has 1 aliphatic carbocycles. The van der Waals surface area contributed by atoms with Crippen molar-refractivity contribution in [1.82, 2.24) is 10.2 Å². The van der Waals surface area contributed by atoms with Crippen LogP contribution in [0.15, 0.2) is 114 Å². The van der Waals surface area contributed by atoms with Crippen LogP contribution in [-0.4, -0.2) is 58.0 Å². The molecule has 0 heterocycles. The van der Waals surface area contributed by atoms with Gasteiger partial charge in [-0.1, -0.05) is 79.9 Å². The summed E-state index contributed by atoms with van der Waals surface area (Å²) in [5, 5.41) is 3.23. The van der Waals surface area contributed by atoms with E-state index >= 15 is 0 Å². The summed E-state index contributed by atoms with van der Waals surface area (Å²) in [4.78, 5) is 30.4. The molecule has 1 saturated carbocycles. The smallest absolute Gasteiger partial charge is 0.264 e. The number of sulfonamides is 1. The van der Waals surface area contributed by atoms with Gasteiger partial charge in [-0.2, -0.15) is 0 Å². The number of rotatable bonds is 14. The summed E-state index contributed by atoms with van der Waals surface area (Å²) in [6.07, 6.45) is 5.24. The lowest BCUT2D eigenvalue weighted by molar-refractivity contribution is -0.140. The fourth-order valence-corrected chi connectivity index (χ4v) is 7.48. The summed E-state index contributed by atoms with van der Waals surface area (Å²) in [5.74, 6) is 0.345. The van der Waals surface area contributed by atoms with Gasteiger partial charge in [0.2, 0.25) is 11.8 Å². The molecule has 0 spiro atoms. The van der Waals surface area contributed by atoms with E-state index in [9.17, 15) is 18.0 Å². The van der Waals surface area contributed by atoms with E-state index in [-0.39, 0.29) is 29.8 Å². The molecule has 0 aliphatic heterocycles. The Hall–Kier alpha value is -4.83. The number of para-hydroxylation sites is 1. The Morgan fingerprint density at radius 2 is 1.40 bits per heavy atom. The highest BCUT2D eigenvalue weighted by atomic mass is 32.2. The Morgan fingerprint density at radius 3 is 2.04 bits per heavy atom. The molecule has 1 fully saturated rings. The van der Waals surface area contributed by atoms with Crippen LogP contribution in [0.2, 0.25) is 0 Å². The average molecular weight is 670 g/mol. The SMILES string of the molecule is COc1ccc(S(=O)(=O)N(CC(=O)N(Cc2cccc(OC)c2)[C@@H](Cc2ccccc2)C(=O)NC2CCCCC2)c2ccccc2)cc1. The lowest BCUT2D eigenvalue weighted by Gasteiger charge is -2.35. The lowest BCUT2D eigenvalue weighted by Crippen LogP contribution is -2.55. The molecule has 5 rings (SSSR count). The maximum Gasteiger partial charge on any atom is 0.264 e. The van der Waals surface area contributed by atoms with Crippen LogP contribution in [0.5, 0.6) is 11.5 Å². The fraction of sp³-hybridized carbons (Fsp3) is 0.316. The maximum atomic E-state index is 14.7. The summed E-state index contributed by atoms with van der Waals surface area (Å²) in [6.45, 7) is -0.457. The number of anilines is 1. The van der Waals surface area contributed by atoms with E-state index in [1.165, 1.54) is 24.1 Å². The molecule has 4 aromatic carbocycles. The number of carbonyl (C=O) groups excluding carboxylic acids is 2. The van der Waals surface area contributed by atoms with Gasteiger partial charge in [-0.15, -0.1) is 0 Å². The van der Waals surface area contributed by atoms with Gasteiger partial charge in [0.25, 0.3) is 10.0 Å². The number of nitrogens with one attached hydrogen (secondary N) is 1. The fourth-order valence-electron chi connectivity index (χ4n) is 6.06. The number of hydrogen-bond acceptors (Lipinski definition) is 6. The third kappa shape index (κ3) is 8.74. The molecule has 0 aromatic heterocycles. The molecule has 0 saturated heterocycles. The van der Waals surface area contributed by atoms with Crippen molar-refractivity contribution in [2.45, 2.75) is 62.0 Å². The van der Waals surface area contributed by atoms with Crippen molar-refractivity contribution >= 4 is 27.5 Å². The number of nitrogens with zero attached hydrogens (tertiary/aromatic N) is 2. The van der Waals surface area contributed by atoms with Crippen LogP contribution in [0.3, 0.4) is 0 Å². The largest absolute Gasteiger partial charge is 0.497 e. The van der Waals surface area contributed by atoms with E-state index in [0.717, 1.165) is 47.5 Å². The Labute approximate surface area is 283 Å².